The quantitative estimate of drug-likeness (QED) is 0.176. The Labute approximate surface area is 325 Å². The van der Waals surface area contributed by atoms with Crippen LogP contribution in [0.15, 0.2) is 191 Å². The summed E-state index contributed by atoms with van der Waals surface area (Å²) >= 11 is 0. The van der Waals surface area contributed by atoms with Crippen LogP contribution in [0.1, 0.15) is 0 Å². The van der Waals surface area contributed by atoms with Gasteiger partial charge in [0.05, 0.1) is 11.0 Å². The first kappa shape index (κ1) is 31.5. The van der Waals surface area contributed by atoms with E-state index < -0.39 is 0 Å². The number of benzene rings is 8. The summed E-state index contributed by atoms with van der Waals surface area (Å²) in [5, 5.41) is 6.41. The van der Waals surface area contributed by atoms with E-state index in [1.807, 2.05) is 72.8 Å². The Morgan fingerprint density at radius 2 is 0.982 bits per heavy atom. The maximum atomic E-state index is 6.89. The highest BCUT2D eigenvalue weighted by molar-refractivity contribution is 6.19. The molecular weight excluding hydrogens is 701 g/mol. The summed E-state index contributed by atoms with van der Waals surface area (Å²) in [4.78, 5) is 15.4. The van der Waals surface area contributed by atoms with E-state index in [1.165, 1.54) is 10.8 Å². The molecule has 4 heterocycles. The number of aromatic nitrogens is 4. The van der Waals surface area contributed by atoms with Gasteiger partial charge in [0.1, 0.15) is 22.3 Å². The van der Waals surface area contributed by atoms with Crippen molar-refractivity contribution in [1.29, 1.82) is 0 Å². The summed E-state index contributed by atoms with van der Waals surface area (Å²) in [6.45, 7) is 0. The average Bonchev–Trinajstić information content (AvgIpc) is 3.96. The normalized spacial score (nSPS) is 11.9. The van der Waals surface area contributed by atoms with E-state index in [1.54, 1.807) is 0 Å². The first-order chi connectivity index (χ1) is 28.3. The van der Waals surface area contributed by atoms with E-state index in [0.29, 0.717) is 17.5 Å². The van der Waals surface area contributed by atoms with Crippen molar-refractivity contribution in [3.8, 4) is 51.0 Å². The van der Waals surface area contributed by atoms with Crippen LogP contribution >= 0.6 is 0 Å². The fraction of sp³-hybridized carbons (Fsp3) is 0. The van der Waals surface area contributed by atoms with Gasteiger partial charge in [0, 0.05) is 65.8 Å². The molecule has 0 fully saturated rings. The van der Waals surface area contributed by atoms with Gasteiger partial charge in [0.15, 0.2) is 17.5 Å². The Balaban J connectivity index is 1.09. The van der Waals surface area contributed by atoms with Gasteiger partial charge >= 0.3 is 0 Å². The van der Waals surface area contributed by atoms with Gasteiger partial charge in [0.2, 0.25) is 0 Å². The molecule has 0 aliphatic rings. The van der Waals surface area contributed by atoms with Crippen molar-refractivity contribution >= 4 is 65.7 Å². The predicted molar refractivity (Wildman–Crippen MR) is 230 cm³/mol. The Hall–Kier alpha value is -7.83. The van der Waals surface area contributed by atoms with Crippen LogP contribution in [0, 0.1) is 0 Å². The van der Waals surface area contributed by atoms with Crippen LogP contribution in [0.5, 0.6) is 0 Å². The molecule has 0 saturated heterocycles. The summed E-state index contributed by atoms with van der Waals surface area (Å²) in [5.41, 5.74) is 11.4. The average molecular weight is 731 g/mol. The Morgan fingerprint density at radius 1 is 0.368 bits per heavy atom. The number of furan rings is 2. The second kappa shape index (κ2) is 12.3. The summed E-state index contributed by atoms with van der Waals surface area (Å²) in [7, 11) is 0. The topological polar surface area (TPSA) is 69.9 Å². The molecule has 0 aliphatic carbocycles. The maximum absolute atomic E-state index is 6.89. The van der Waals surface area contributed by atoms with Crippen LogP contribution in [-0.2, 0) is 0 Å². The van der Waals surface area contributed by atoms with Crippen molar-refractivity contribution in [2.75, 3.05) is 0 Å². The minimum absolute atomic E-state index is 0.570. The molecule has 0 unspecified atom stereocenters. The van der Waals surface area contributed by atoms with Crippen LogP contribution in [0.25, 0.3) is 117 Å². The third-order valence-electron chi connectivity index (χ3n) is 11.1. The lowest BCUT2D eigenvalue weighted by Crippen LogP contribution is -2.00. The van der Waals surface area contributed by atoms with Crippen LogP contribution < -0.4 is 0 Å². The molecular formula is C51H30N4O2. The molecule has 0 atom stereocenters. The molecule has 266 valence electrons. The zero-order valence-electron chi connectivity index (χ0n) is 30.4. The highest BCUT2D eigenvalue weighted by Gasteiger charge is 2.22. The highest BCUT2D eigenvalue weighted by atomic mass is 16.3. The summed E-state index contributed by atoms with van der Waals surface area (Å²) in [6.07, 6.45) is 0. The zero-order chi connectivity index (χ0) is 37.5. The Bertz CT molecular complexity index is 3530. The second-order valence-corrected chi connectivity index (χ2v) is 14.3. The van der Waals surface area contributed by atoms with Gasteiger partial charge in [-0.1, -0.05) is 133 Å². The summed E-state index contributed by atoms with van der Waals surface area (Å²) in [6, 6.07) is 62.6. The number of hydrogen-bond acceptors (Lipinski definition) is 5. The smallest absolute Gasteiger partial charge is 0.164 e. The van der Waals surface area contributed by atoms with Crippen molar-refractivity contribution < 1.29 is 8.83 Å². The van der Waals surface area contributed by atoms with Gasteiger partial charge in [-0.15, -0.1) is 0 Å². The molecule has 6 nitrogen and oxygen atoms in total. The van der Waals surface area contributed by atoms with Crippen molar-refractivity contribution in [2.45, 2.75) is 0 Å². The molecule has 0 amide bonds. The molecule has 6 heteroatoms. The van der Waals surface area contributed by atoms with E-state index in [2.05, 4.69) is 114 Å². The van der Waals surface area contributed by atoms with Gasteiger partial charge in [-0.3, -0.25) is 0 Å². The van der Waals surface area contributed by atoms with Gasteiger partial charge in [-0.05, 0) is 48.5 Å². The molecule has 57 heavy (non-hydrogen) atoms. The first-order valence-electron chi connectivity index (χ1n) is 19.0. The third kappa shape index (κ3) is 4.87. The monoisotopic (exact) mass is 730 g/mol. The van der Waals surface area contributed by atoms with E-state index in [9.17, 15) is 0 Å². The van der Waals surface area contributed by atoms with E-state index in [-0.39, 0.29) is 0 Å². The van der Waals surface area contributed by atoms with Gasteiger partial charge in [0.25, 0.3) is 0 Å². The second-order valence-electron chi connectivity index (χ2n) is 14.3. The van der Waals surface area contributed by atoms with Crippen molar-refractivity contribution in [3.63, 3.8) is 0 Å². The van der Waals surface area contributed by atoms with Crippen LogP contribution in [0.2, 0.25) is 0 Å². The zero-order valence-corrected chi connectivity index (χ0v) is 30.4. The number of para-hydroxylation sites is 5. The van der Waals surface area contributed by atoms with E-state index >= 15 is 0 Å². The maximum Gasteiger partial charge on any atom is 0.164 e. The Morgan fingerprint density at radius 3 is 1.84 bits per heavy atom. The van der Waals surface area contributed by atoms with Gasteiger partial charge < -0.3 is 13.4 Å². The SMILES string of the molecule is c1ccc(-c2nc(-c3ccc4oc5ccccc5c4c3)nc(-c3cccc4oc5c(-c6cccc7c8ccccc8n(-c8ccccc8)c67)cccc5c34)n2)cc1. The number of nitrogens with zero attached hydrogens (tertiary/aromatic N) is 4. The minimum atomic E-state index is 0.570. The molecule has 0 bridgehead atoms. The molecule has 12 rings (SSSR count). The number of fused-ring (bicyclic) bond motifs is 9. The van der Waals surface area contributed by atoms with Crippen LogP contribution in [0.3, 0.4) is 0 Å². The highest BCUT2D eigenvalue weighted by Crippen LogP contribution is 2.44. The van der Waals surface area contributed by atoms with Crippen LogP contribution in [0.4, 0.5) is 0 Å². The fourth-order valence-electron chi connectivity index (χ4n) is 8.53. The lowest BCUT2D eigenvalue weighted by Gasteiger charge is -2.12. The Kier molecular flexibility index (Phi) is 6.83. The van der Waals surface area contributed by atoms with E-state index in [0.717, 1.165) is 88.4 Å². The largest absolute Gasteiger partial charge is 0.456 e. The molecule has 0 N–H and O–H groups in total. The fourth-order valence-corrected chi connectivity index (χ4v) is 8.53. The van der Waals surface area contributed by atoms with E-state index in [4.69, 9.17) is 23.8 Å². The molecule has 0 spiro atoms. The first-order valence-corrected chi connectivity index (χ1v) is 19.0. The van der Waals surface area contributed by atoms with Crippen molar-refractivity contribution in [3.05, 3.63) is 182 Å². The van der Waals surface area contributed by atoms with Gasteiger partial charge in [-0.2, -0.15) is 0 Å². The number of rotatable bonds is 5. The standard InChI is InChI=1S/C51H30N4O2/c1-3-14-31(15-4-1)49-52-50(32-28-29-44-41(30-32)35-19-8-10-26-43(35)56-44)54-51(53-49)40-24-13-27-45-46(40)39-23-12-22-38(48(39)57-45)37-21-11-20-36-34-18-7-9-25-42(34)55(47(36)37)33-16-5-2-6-17-33/h1-30H. The molecule has 0 radical (unpaired) electrons. The molecule has 4 aromatic heterocycles. The molecule has 0 aliphatic heterocycles. The molecule has 12 aromatic rings. The lowest BCUT2D eigenvalue weighted by atomic mass is 9.98. The van der Waals surface area contributed by atoms with Gasteiger partial charge in [-0.25, -0.2) is 15.0 Å². The van der Waals surface area contributed by atoms with Crippen molar-refractivity contribution in [1.82, 2.24) is 19.5 Å². The van der Waals surface area contributed by atoms with Crippen molar-refractivity contribution in [2.24, 2.45) is 0 Å². The summed E-state index contributed by atoms with van der Waals surface area (Å²) in [5.74, 6) is 1.75. The third-order valence-corrected chi connectivity index (χ3v) is 11.1. The predicted octanol–water partition coefficient (Wildman–Crippen LogP) is 13.4. The minimum Gasteiger partial charge on any atom is -0.456 e. The molecule has 0 saturated carbocycles. The summed E-state index contributed by atoms with van der Waals surface area (Å²) < 4.78 is 15.4. The molecule has 8 aromatic carbocycles. The van der Waals surface area contributed by atoms with Crippen LogP contribution in [-0.4, -0.2) is 19.5 Å². The lowest BCUT2D eigenvalue weighted by molar-refractivity contribution is 0.669. The number of hydrogen-bond donors (Lipinski definition) is 0.